The highest BCUT2D eigenvalue weighted by Gasteiger charge is 2.65. The molecule has 0 radical (unpaired) electrons. The van der Waals surface area contributed by atoms with E-state index in [1.54, 1.807) is 52.0 Å². The van der Waals surface area contributed by atoms with Gasteiger partial charge in [0, 0.05) is 11.1 Å². The predicted octanol–water partition coefficient (Wildman–Crippen LogP) is 3.28. The minimum atomic E-state index is -1.70. The summed E-state index contributed by atoms with van der Waals surface area (Å²) in [5.74, 6) is -3.39. The van der Waals surface area contributed by atoms with Gasteiger partial charge in [0.25, 0.3) is 0 Å². The van der Waals surface area contributed by atoms with Gasteiger partial charge in [-0.15, -0.1) is 0 Å². The molecule has 0 amide bonds. The van der Waals surface area contributed by atoms with Crippen LogP contribution in [0.3, 0.4) is 0 Å². The van der Waals surface area contributed by atoms with Gasteiger partial charge in [-0.05, 0) is 27.7 Å². The van der Waals surface area contributed by atoms with E-state index in [1.807, 2.05) is 36.4 Å². The fourth-order valence-corrected chi connectivity index (χ4v) is 3.26. The summed E-state index contributed by atoms with van der Waals surface area (Å²) in [6.45, 7) is 6.85. The van der Waals surface area contributed by atoms with Gasteiger partial charge in [-0.25, -0.2) is 0 Å². The molecule has 0 spiro atoms. The molecule has 0 unspecified atom stereocenters. The molecule has 0 bridgehead atoms. The second-order valence-electron chi connectivity index (χ2n) is 7.24. The quantitative estimate of drug-likeness (QED) is 0.888. The molecule has 24 heavy (non-hydrogen) atoms. The molecule has 0 saturated carbocycles. The first-order chi connectivity index (χ1) is 11.1. The second kappa shape index (κ2) is 5.39. The average Bonchev–Trinajstić information content (AvgIpc) is 2.54. The van der Waals surface area contributed by atoms with E-state index in [2.05, 4.69) is 0 Å². The van der Waals surface area contributed by atoms with Gasteiger partial charge < -0.3 is 19.7 Å². The summed E-state index contributed by atoms with van der Waals surface area (Å²) in [7, 11) is 0. The van der Waals surface area contributed by atoms with Crippen molar-refractivity contribution in [1.82, 2.24) is 0 Å². The molecular weight excluding hydrogens is 304 g/mol. The van der Waals surface area contributed by atoms with Gasteiger partial charge in [-0.1, -0.05) is 60.7 Å². The van der Waals surface area contributed by atoms with E-state index in [-0.39, 0.29) is 0 Å². The Hall–Kier alpha value is -1.72. The summed E-state index contributed by atoms with van der Waals surface area (Å²) in [4.78, 5) is 0. The molecule has 0 aliphatic carbocycles. The van der Waals surface area contributed by atoms with Crippen molar-refractivity contribution in [3.05, 3.63) is 71.8 Å². The van der Waals surface area contributed by atoms with Crippen molar-refractivity contribution >= 4 is 0 Å². The Balaban J connectivity index is 2.11. The van der Waals surface area contributed by atoms with E-state index in [9.17, 15) is 10.2 Å². The third kappa shape index (κ3) is 2.38. The predicted molar refractivity (Wildman–Crippen MR) is 91.0 cm³/mol. The molecule has 3 rings (SSSR count). The minimum absolute atomic E-state index is 0.582. The lowest BCUT2D eigenvalue weighted by atomic mass is 9.81. The molecule has 1 aliphatic rings. The minimum Gasteiger partial charge on any atom is -0.360 e. The molecule has 1 heterocycles. The molecule has 2 aromatic rings. The van der Waals surface area contributed by atoms with Crippen LogP contribution in [-0.2, 0) is 21.0 Å². The normalized spacial score (nSPS) is 31.6. The number of ether oxygens (including phenoxy) is 2. The molecule has 0 aromatic heterocycles. The number of rotatable bonds is 2. The van der Waals surface area contributed by atoms with Gasteiger partial charge in [0.05, 0.1) is 0 Å². The first kappa shape index (κ1) is 17.1. The molecule has 128 valence electrons. The van der Waals surface area contributed by atoms with Crippen molar-refractivity contribution in [2.45, 2.75) is 50.5 Å². The molecular formula is C20H24O4. The first-order valence-electron chi connectivity index (χ1n) is 8.09. The van der Waals surface area contributed by atoms with Gasteiger partial charge in [-0.3, -0.25) is 0 Å². The van der Waals surface area contributed by atoms with Crippen LogP contribution in [0.25, 0.3) is 0 Å². The maximum absolute atomic E-state index is 11.3. The number of benzene rings is 2. The SMILES string of the molecule is CC1(C)O[C@](O)(c2ccccc2)C(C)(C)O[C@]1(O)c1ccccc1. The maximum atomic E-state index is 11.3. The van der Waals surface area contributed by atoms with Crippen molar-refractivity contribution in [2.75, 3.05) is 0 Å². The van der Waals surface area contributed by atoms with E-state index < -0.39 is 22.8 Å². The van der Waals surface area contributed by atoms with Gasteiger partial charge in [0.2, 0.25) is 11.6 Å². The van der Waals surface area contributed by atoms with Crippen LogP contribution < -0.4 is 0 Å². The van der Waals surface area contributed by atoms with Crippen LogP contribution in [0, 0.1) is 0 Å². The van der Waals surface area contributed by atoms with E-state index in [1.165, 1.54) is 0 Å². The summed E-state index contributed by atoms with van der Waals surface area (Å²) in [6, 6.07) is 18.2. The largest absolute Gasteiger partial charge is 0.360 e. The van der Waals surface area contributed by atoms with Gasteiger partial charge in [0.1, 0.15) is 11.2 Å². The Morgan fingerprint density at radius 3 is 1.17 bits per heavy atom. The van der Waals surface area contributed by atoms with Crippen LogP contribution in [-0.4, -0.2) is 21.4 Å². The van der Waals surface area contributed by atoms with E-state index in [0.29, 0.717) is 11.1 Å². The van der Waals surface area contributed by atoms with Crippen LogP contribution >= 0.6 is 0 Å². The lowest BCUT2D eigenvalue weighted by Crippen LogP contribution is -2.69. The fourth-order valence-electron chi connectivity index (χ4n) is 3.26. The van der Waals surface area contributed by atoms with Crippen LogP contribution in [0.5, 0.6) is 0 Å². The Kier molecular flexibility index (Phi) is 3.85. The first-order valence-corrected chi connectivity index (χ1v) is 8.09. The molecule has 1 saturated heterocycles. The number of hydrogen-bond donors (Lipinski definition) is 2. The Morgan fingerprint density at radius 1 is 0.583 bits per heavy atom. The molecule has 1 aliphatic heterocycles. The zero-order valence-electron chi connectivity index (χ0n) is 14.5. The van der Waals surface area contributed by atoms with E-state index >= 15 is 0 Å². The molecule has 2 aromatic carbocycles. The van der Waals surface area contributed by atoms with E-state index in [0.717, 1.165) is 0 Å². The molecule has 2 atom stereocenters. The van der Waals surface area contributed by atoms with Gasteiger partial charge >= 0.3 is 0 Å². The lowest BCUT2D eigenvalue weighted by Gasteiger charge is -2.58. The Labute approximate surface area is 142 Å². The highest BCUT2D eigenvalue weighted by atomic mass is 16.8. The molecule has 4 nitrogen and oxygen atoms in total. The Bertz CT molecular complexity index is 647. The smallest absolute Gasteiger partial charge is 0.222 e. The summed E-state index contributed by atoms with van der Waals surface area (Å²) in [5, 5.41) is 22.7. The highest BCUT2D eigenvalue weighted by molar-refractivity contribution is 5.29. The monoisotopic (exact) mass is 328 g/mol. The van der Waals surface area contributed by atoms with Crippen LogP contribution in [0.15, 0.2) is 60.7 Å². The van der Waals surface area contributed by atoms with Crippen LogP contribution in [0.2, 0.25) is 0 Å². The summed E-state index contributed by atoms with van der Waals surface area (Å²) >= 11 is 0. The zero-order chi connectivity index (χ0) is 17.6. The zero-order valence-corrected chi connectivity index (χ0v) is 14.5. The topological polar surface area (TPSA) is 58.9 Å². The van der Waals surface area contributed by atoms with Gasteiger partial charge in [-0.2, -0.15) is 0 Å². The van der Waals surface area contributed by atoms with Crippen molar-refractivity contribution in [1.29, 1.82) is 0 Å². The second-order valence-corrected chi connectivity index (χ2v) is 7.24. The lowest BCUT2D eigenvalue weighted by molar-refractivity contribution is -0.488. The van der Waals surface area contributed by atoms with Crippen LogP contribution in [0.1, 0.15) is 38.8 Å². The number of aliphatic hydroxyl groups is 2. The van der Waals surface area contributed by atoms with Crippen molar-refractivity contribution in [3.63, 3.8) is 0 Å². The summed E-state index contributed by atoms with van der Waals surface area (Å²) < 4.78 is 12.2. The van der Waals surface area contributed by atoms with Crippen molar-refractivity contribution < 1.29 is 19.7 Å². The Morgan fingerprint density at radius 2 is 0.875 bits per heavy atom. The maximum Gasteiger partial charge on any atom is 0.222 e. The third-order valence-electron chi connectivity index (χ3n) is 4.77. The van der Waals surface area contributed by atoms with Crippen molar-refractivity contribution in [2.24, 2.45) is 0 Å². The van der Waals surface area contributed by atoms with Crippen LogP contribution in [0.4, 0.5) is 0 Å². The molecule has 4 heteroatoms. The fraction of sp³-hybridized carbons (Fsp3) is 0.400. The summed E-state index contributed by atoms with van der Waals surface area (Å²) in [5.41, 5.74) is -1.21. The third-order valence-corrected chi connectivity index (χ3v) is 4.77. The van der Waals surface area contributed by atoms with Crippen molar-refractivity contribution in [3.8, 4) is 0 Å². The van der Waals surface area contributed by atoms with E-state index in [4.69, 9.17) is 9.47 Å². The van der Waals surface area contributed by atoms with Gasteiger partial charge in [0.15, 0.2) is 0 Å². The molecule has 1 fully saturated rings. The summed E-state index contributed by atoms with van der Waals surface area (Å²) in [6.07, 6.45) is 0. The molecule has 2 N–H and O–H groups in total. The number of hydrogen-bond acceptors (Lipinski definition) is 4. The highest BCUT2D eigenvalue weighted by Crippen LogP contribution is 2.53. The standard InChI is InChI=1S/C20H24O4/c1-17(2)19(21,15-11-7-5-8-12-15)24-18(3,4)20(22,23-17)16-13-9-6-10-14-16/h5-14,21-22H,1-4H3/t19-,20-/m1/s1. The average molecular weight is 328 g/mol.